The molecule has 3 N–H and O–H groups in total. The Kier molecular flexibility index (Phi) is 4.36. The molecule has 104 valence electrons. The molecule has 8 heteroatoms. The molecule has 0 atom stereocenters. The number of carboxylic acids is 1. The number of para-hydroxylation sites is 1. The van der Waals surface area contributed by atoms with E-state index in [0.29, 0.717) is 4.90 Å². The van der Waals surface area contributed by atoms with Crippen molar-refractivity contribution in [2.24, 2.45) is 5.73 Å². The average molecular weight is 276 g/mol. The minimum atomic E-state index is -4.60. The molecule has 1 amide bonds. The molecule has 1 aromatic carbocycles. The van der Waals surface area contributed by atoms with Crippen LogP contribution in [0.5, 0.6) is 0 Å². The largest absolute Gasteiger partial charge is 0.480 e. The lowest BCUT2D eigenvalue weighted by molar-refractivity contribution is -0.136. The first-order chi connectivity index (χ1) is 8.70. The highest BCUT2D eigenvalue weighted by molar-refractivity contribution is 5.99. The Morgan fingerprint density at radius 3 is 2.32 bits per heavy atom. The van der Waals surface area contributed by atoms with Crippen LogP contribution >= 0.6 is 0 Å². The zero-order valence-corrected chi connectivity index (χ0v) is 9.65. The van der Waals surface area contributed by atoms with Crippen molar-refractivity contribution in [1.82, 2.24) is 0 Å². The molecule has 0 aromatic heterocycles. The monoisotopic (exact) mass is 276 g/mol. The van der Waals surface area contributed by atoms with Crippen LogP contribution < -0.4 is 10.6 Å². The zero-order valence-electron chi connectivity index (χ0n) is 9.65. The van der Waals surface area contributed by atoms with Crippen LogP contribution in [-0.4, -0.2) is 36.2 Å². The first kappa shape index (κ1) is 14.8. The molecule has 0 saturated heterocycles. The van der Waals surface area contributed by atoms with Gasteiger partial charge in [0, 0.05) is 0 Å². The summed E-state index contributed by atoms with van der Waals surface area (Å²) in [6, 6.07) is 5.28. The molecule has 1 aromatic rings. The molecule has 5 nitrogen and oxygen atoms in total. The third-order valence-electron chi connectivity index (χ3n) is 2.21. The minimum absolute atomic E-state index is 0.158. The van der Waals surface area contributed by atoms with Crippen molar-refractivity contribution in [1.29, 1.82) is 0 Å². The highest BCUT2D eigenvalue weighted by Crippen LogP contribution is 2.25. The molecular weight excluding hydrogens is 265 g/mol. The van der Waals surface area contributed by atoms with Crippen LogP contribution in [-0.2, 0) is 4.79 Å². The molecule has 0 aliphatic heterocycles. The summed E-state index contributed by atoms with van der Waals surface area (Å²) < 4.78 is 37.3. The SMILES string of the molecule is NC(=O)c1ccccc1N(CC(=O)O)CC(F)(F)F. The maximum atomic E-state index is 12.4. The van der Waals surface area contributed by atoms with Crippen LogP contribution in [0.4, 0.5) is 18.9 Å². The van der Waals surface area contributed by atoms with E-state index in [1.165, 1.54) is 24.3 Å². The number of halogens is 3. The predicted octanol–water partition coefficient (Wildman–Crippen LogP) is 1.24. The number of rotatable bonds is 5. The van der Waals surface area contributed by atoms with E-state index in [9.17, 15) is 22.8 Å². The van der Waals surface area contributed by atoms with Gasteiger partial charge in [-0.25, -0.2) is 0 Å². The number of carbonyl (C=O) groups is 2. The average Bonchev–Trinajstić information content (AvgIpc) is 2.25. The molecule has 0 aliphatic rings. The summed E-state index contributed by atoms with van der Waals surface area (Å²) >= 11 is 0. The highest BCUT2D eigenvalue weighted by Gasteiger charge is 2.32. The van der Waals surface area contributed by atoms with Crippen molar-refractivity contribution >= 4 is 17.6 Å². The summed E-state index contributed by atoms with van der Waals surface area (Å²) in [6.45, 7) is -2.37. The third kappa shape index (κ3) is 4.49. The number of aliphatic carboxylic acids is 1. The van der Waals surface area contributed by atoms with E-state index in [0.717, 1.165) is 0 Å². The maximum Gasteiger partial charge on any atom is 0.405 e. The van der Waals surface area contributed by atoms with Gasteiger partial charge in [0.25, 0.3) is 5.91 Å². The third-order valence-corrected chi connectivity index (χ3v) is 2.21. The van der Waals surface area contributed by atoms with Crippen LogP contribution in [0.15, 0.2) is 24.3 Å². The van der Waals surface area contributed by atoms with Crippen LogP contribution in [0.3, 0.4) is 0 Å². The summed E-state index contributed by atoms with van der Waals surface area (Å²) in [7, 11) is 0. The fraction of sp³-hybridized carbons (Fsp3) is 0.273. The predicted molar refractivity (Wildman–Crippen MR) is 60.9 cm³/mol. The van der Waals surface area contributed by atoms with Gasteiger partial charge in [-0.1, -0.05) is 12.1 Å². The molecular formula is C11H11F3N2O3. The standard InChI is InChI=1S/C11H11F3N2O3/c12-11(13,14)6-16(5-9(17)18)8-4-2-1-3-7(8)10(15)19/h1-4H,5-6H2,(H2,15,19)(H,17,18). The number of benzene rings is 1. The van der Waals surface area contributed by atoms with E-state index in [2.05, 4.69) is 0 Å². The van der Waals surface area contributed by atoms with Gasteiger partial charge in [0.2, 0.25) is 0 Å². The highest BCUT2D eigenvalue weighted by atomic mass is 19.4. The minimum Gasteiger partial charge on any atom is -0.480 e. The van der Waals surface area contributed by atoms with Crippen LogP contribution in [0.2, 0.25) is 0 Å². The second-order valence-electron chi connectivity index (χ2n) is 3.75. The molecule has 0 fully saturated rings. The van der Waals surface area contributed by atoms with Crippen molar-refractivity contribution < 1.29 is 27.9 Å². The number of hydrogen-bond donors (Lipinski definition) is 2. The molecule has 0 radical (unpaired) electrons. The number of carbonyl (C=O) groups excluding carboxylic acids is 1. The van der Waals surface area contributed by atoms with Gasteiger partial charge in [-0.3, -0.25) is 9.59 Å². The summed E-state index contributed by atoms with van der Waals surface area (Å²) in [6.07, 6.45) is -4.60. The fourth-order valence-electron chi connectivity index (χ4n) is 1.56. The van der Waals surface area contributed by atoms with Crippen molar-refractivity contribution in [3.05, 3.63) is 29.8 Å². The fourth-order valence-corrected chi connectivity index (χ4v) is 1.56. The number of hydrogen-bond acceptors (Lipinski definition) is 3. The van der Waals surface area contributed by atoms with Gasteiger partial charge in [-0.15, -0.1) is 0 Å². The van der Waals surface area contributed by atoms with Gasteiger partial charge in [0.15, 0.2) is 0 Å². The summed E-state index contributed by atoms with van der Waals surface area (Å²) in [5.74, 6) is -2.36. The lowest BCUT2D eigenvalue weighted by Crippen LogP contribution is -2.39. The van der Waals surface area contributed by atoms with Crippen molar-refractivity contribution in [3.8, 4) is 0 Å². The first-order valence-corrected chi connectivity index (χ1v) is 5.13. The first-order valence-electron chi connectivity index (χ1n) is 5.13. The van der Waals surface area contributed by atoms with E-state index in [1.807, 2.05) is 0 Å². The topological polar surface area (TPSA) is 83.6 Å². The van der Waals surface area contributed by atoms with Crippen LogP contribution in [0.25, 0.3) is 0 Å². The Balaban J connectivity index is 3.17. The van der Waals surface area contributed by atoms with E-state index < -0.39 is 31.1 Å². The van der Waals surface area contributed by atoms with Crippen molar-refractivity contribution in [3.63, 3.8) is 0 Å². The summed E-state index contributed by atoms with van der Waals surface area (Å²) in [5, 5.41) is 8.65. The van der Waals surface area contributed by atoms with Gasteiger partial charge in [-0.2, -0.15) is 13.2 Å². The number of anilines is 1. The molecule has 0 unspecified atom stereocenters. The van der Waals surface area contributed by atoms with Crippen molar-refractivity contribution in [2.75, 3.05) is 18.0 Å². The van der Waals surface area contributed by atoms with E-state index >= 15 is 0 Å². The van der Waals surface area contributed by atoms with Crippen molar-refractivity contribution in [2.45, 2.75) is 6.18 Å². The van der Waals surface area contributed by atoms with E-state index in [-0.39, 0.29) is 11.3 Å². The van der Waals surface area contributed by atoms with Gasteiger partial charge >= 0.3 is 12.1 Å². The Labute approximate surface area is 106 Å². The van der Waals surface area contributed by atoms with Crippen LogP contribution in [0.1, 0.15) is 10.4 Å². The quantitative estimate of drug-likeness (QED) is 0.847. The molecule has 19 heavy (non-hydrogen) atoms. The number of amides is 1. The molecule has 0 heterocycles. The number of carboxylic acid groups (broad SMARTS) is 1. The molecule has 0 aliphatic carbocycles. The molecule has 0 bridgehead atoms. The summed E-state index contributed by atoms with van der Waals surface area (Å²) in [4.78, 5) is 22.3. The lowest BCUT2D eigenvalue weighted by Gasteiger charge is -2.25. The molecule has 0 saturated carbocycles. The zero-order chi connectivity index (χ0) is 14.6. The maximum absolute atomic E-state index is 12.4. The van der Waals surface area contributed by atoms with Gasteiger partial charge in [0.05, 0.1) is 11.3 Å². The Hall–Kier alpha value is -2.25. The van der Waals surface area contributed by atoms with E-state index in [1.54, 1.807) is 0 Å². The number of primary amides is 1. The van der Waals surface area contributed by atoms with Gasteiger partial charge in [-0.05, 0) is 12.1 Å². The lowest BCUT2D eigenvalue weighted by atomic mass is 10.1. The normalized spacial score (nSPS) is 11.1. The second kappa shape index (κ2) is 5.59. The smallest absolute Gasteiger partial charge is 0.405 e. The second-order valence-corrected chi connectivity index (χ2v) is 3.75. The Morgan fingerprint density at radius 1 is 1.26 bits per heavy atom. The summed E-state index contributed by atoms with van der Waals surface area (Å²) in [5.41, 5.74) is 4.74. The van der Waals surface area contributed by atoms with Crippen LogP contribution in [0, 0.1) is 0 Å². The van der Waals surface area contributed by atoms with Gasteiger partial charge < -0.3 is 15.7 Å². The van der Waals surface area contributed by atoms with Gasteiger partial charge in [0.1, 0.15) is 13.1 Å². The van der Waals surface area contributed by atoms with E-state index in [4.69, 9.17) is 10.8 Å². The Bertz CT molecular complexity index is 488. The molecule has 0 spiro atoms. The number of nitrogens with two attached hydrogens (primary N) is 1. The Morgan fingerprint density at radius 2 is 1.84 bits per heavy atom. The number of alkyl halides is 3. The number of nitrogens with zero attached hydrogens (tertiary/aromatic N) is 1. The molecule has 1 rings (SSSR count).